The molecule has 3 rings (SSSR count). The van der Waals surface area contributed by atoms with Crippen molar-refractivity contribution in [1.29, 1.82) is 0 Å². The molecule has 31 heavy (non-hydrogen) atoms. The maximum atomic E-state index is 5.30. The van der Waals surface area contributed by atoms with E-state index in [1.54, 1.807) is 0 Å². The molecule has 5 nitrogen and oxygen atoms in total. The smallest absolute Gasteiger partial charge is 0.190 e. The van der Waals surface area contributed by atoms with E-state index < -0.39 is 0 Å². The van der Waals surface area contributed by atoms with Crippen molar-refractivity contribution in [1.82, 2.24) is 15.8 Å². The van der Waals surface area contributed by atoms with Gasteiger partial charge in [0, 0.05) is 37.5 Å². The first kappa shape index (κ1) is 24.9. The Labute approximate surface area is 202 Å². The molecule has 3 aromatic rings. The van der Waals surface area contributed by atoms with Crippen molar-refractivity contribution in [3.8, 4) is 0 Å². The van der Waals surface area contributed by atoms with Gasteiger partial charge in [-0.25, -0.2) is 0 Å². The molecule has 0 radical (unpaired) electrons. The van der Waals surface area contributed by atoms with Gasteiger partial charge < -0.3 is 15.2 Å². The lowest BCUT2D eigenvalue weighted by atomic mass is 9.88. The average molecular weight is 532 g/mol. The zero-order valence-electron chi connectivity index (χ0n) is 18.8. The van der Waals surface area contributed by atoms with Crippen molar-refractivity contribution in [3.63, 3.8) is 0 Å². The minimum Gasteiger partial charge on any atom is -0.361 e. The van der Waals surface area contributed by atoms with Crippen LogP contribution in [0.15, 0.2) is 70.2 Å². The minimum absolute atomic E-state index is 0. The van der Waals surface area contributed by atoms with Crippen LogP contribution in [0.4, 0.5) is 0 Å². The highest BCUT2D eigenvalue weighted by Gasteiger charge is 2.17. The number of halogens is 1. The van der Waals surface area contributed by atoms with E-state index in [0.29, 0.717) is 5.92 Å². The number of guanidine groups is 1. The van der Waals surface area contributed by atoms with Crippen LogP contribution in [0, 0.1) is 13.8 Å². The summed E-state index contributed by atoms with van der Waals surface area (Å²) in [5, 5.41) is 11.0. The first-order valence-corrected chi connectivity index (χ1v) is 10.6. The van der Waals surface area contributed by atoms with Crippen LogP contribution in [0.2, 0.25) is 0 Å². The summed E-state index contributed by atoms with van der Waals surface area (Å²) in [6, 6.07) is 21.4. The van der Waals surface area contributed by atoms with Gasteiger partial charge in [-0.1, -0.05) is 72.7 Å². The number of aromatic nitrogens is 1. The number of nitrogens with zero attached hydrogens (tertiary/aromatic N) is 2. The highest BCUT2D eigenvalue weighted by atomic mass is 127. The second-order valence-corrected chi connectivity index (χ2v) is 7.68. The molecule has 0 aliphatic heterocycles. The van der Waals surface area contributed by atoms with Crippen LogP contribution >= 0.6 is 24.0 Å². The molecule has 0 aliphatic carbocycles. The van der Waals surface area contributed by atoms with Crippen LogP contribution in [0.25, 0.3) is 0 Å². The van der Waals surface area contributed by atoms with E-state index in [0.717, 1.165) is 36.9 Å². The second kappa shape index (κ2) is 12.5. The van der Waals surface area contributed by atoms with E-state index in [9.17, 15) is 0 Å². The summed E-state index contributed by atoms with van der Waals surface area (Å²) in [6.45, 7) is 7.72. The van der Waals surface area contributed by atoms with Crippen LogP contribution in [-0.2, 0) is 0 Å². The molecule has 0 saturated heterocycles. The third-order valence-corrected chi connectivity index (χ3v) is 5.51. The van der Waals surface area contributed by atoms with Gasteiger partial charge in [-0.15, -0.1) is 24.0 Å². The summed E-state index contributed by atoms with van der Waals surface area (Å²) < 4.78 is 5.30. The van der Waals surface area contributed by atoms with Crippen molar-refractivity contribution in [3.05, 3.63) is 88.8 Å². The van der Waals surface area contributed by atoms with Gasteiger partial charge in [-0.2, -0.15) is 0 Å². The topological polar surface area (TPSA) is 62.5 Å². The van der Waals surface area contributed by atoms with Crippen LogP contribution in [-0.4, -0.2) is 31.3 Å². The van der Waals surface area contributed by atoms with Gasteiger partial charge >= 0.3 is 0 Å². The molecule has 0 aliphatic rings. The molecule has 0 amide bonds. The molecule has 166 valence electrons. The van der Waals surface area contributed by atoms with Gasteiger partial charge in [0.05, 0.1) is 5.69 Å². The molecule has 0 saturated carbocycles. The van der Waals surface area contributed by atoms with Gasteiger partial charge in [-0.05, 0) is 31.4 Å². The predicted octanol–water partition coefficient (Wildman–Crippen LogP) is 5.40. The van der Waals surface area contributed by atoms with Crippen molar-refractivity contribution in [2.24, 2.45) is 4.99 Å². The Morgan fingerprint density at radius 3 is 2.03 bits per heavy atom. The van der Waals surface area contributed by atoms with Crippen molar-refractivity contribution < 1.29 is 4.52 Å². The Morgan fingerprint density at radius 2 is 1.55 bits per heavy atom. The van der Waals surface area contributed by atoms with Gasteiger partial charge in [0.1, 0.15) is 5.76 Å². The quantitative estimate of drug-likeness (QED) is 0.232. The molecule has 6 heteroatoms. The summed E-state index contributed by atoms with van der Waals surface area (Å²) >= 11 is 0. The van der Waals surface area contributed by atoms with E-state index >= 15 is 0 Å². The Bertz CT molecular complexity index is 882. The van der Waals surface area contributed by atoms with E-state index in [4.69, 9.17) is 4.52 Å². The number of aliphatic imine (C=N–C) groups is 1. The Kier molecular flexibility index (Phi) is 10.0. The Hall–Kier alpha value is -2.35. The normalized spacial score (nSPS) is 12.4. The largest absolute Gasteiger partial charge is 0.361 e. The van der Waals surface area contributed by atoms with E-state index in [1.165, 1.54) is 16.7 Å². The van der Waals surface area contributed by atoms with Gasteiger partial charge in [0.15, 0.2) is 5.96 Å². The van der Waals surface area contributed by atoms with Crippen molar-refractivity contribution in [2.75, 3.05) is 20.1 Å². The molecule has 1 heterocycles. The first-order chi connectivity index (χ1) is 14.6. The monoisotopic (exact) mass is 532 g/mol. The maximum Gasteiger partial charge on any atom is 0.190 e. The SMILES string of the molecule is CN=C(NCCC(c1ccccc1)c1ccccc1)NCC(C)c1c(C)noc1C.I. The number of hydrogen-bond donors (Lipinski definition) is 2. The van der Waals surface area contributed by atoms with Crippen LogP contribution in [0.3, 0.4) is 0 Å². The van der Waals surface area contributed by atoms with Crippen LogP contribution in [0.5, 0.6) is 0 Å². The van der Waals surface area contributed by atoms with E-state index in [2.05, 4.69) is 88.4 Å². The summed E-state index contributed by atoms with van der Waals surface area (Å²) in [5.41, 5.74) is 4.80. The maximum absolute atomic E-state index is 5.30. The molecule has 1 aromatic heterocycles. The fraction of sp³-hybridized carbons (Fsp3) is 0.360. The lowest BCUT2D eigenvalue weighted by Gasteiger charge is -2.20. The lowest BCUT2D eigenvalue weighted by molar-refractivity contribution is 0.391. The van der Waals surface area contributed by atoms with Crippen molar-refractivity contribution >= 4 is 29.9 Å². The highest BCUT2D eigenvalue weighted by molar-refractivity contribution is 14.0. The molecule has 0 spiro atoms. The molecule has 2 aromatic carbocycles. The third-order valence-electron chi connectivity index (χ3n) is 5.51. The number of aryl methyl sites for hydroxylation is 2. The number of nitrogens with one attached hydrogen (secondary N) is 2. The lowest BCUT2D eigenvalue weighted by Crippen LogP contribution is -2.39. The zero-order chi connectivity index (χ0) is 21.3. The fourth-order valence-electron chi connectivity index (χ4n) is 4.00. The van der Waals surface area contributed by atoms with Crippen molar-refractivity contribution in [2.45, 2.75) is 39.0 Å². The number of rotatable bonds is 8. The summed E-state index contributed by atoms with van der Waals surface area (Å²) in [5.74, 6) is 2.34. The Balaban J connectivity index is 0.00000341. The standard InChI is InChI=1S/C25H32N4O.HI/c1-18(24-19(2)29-30-20(24)3)17-28-25(26-4)27-16-15-23(21-11-7-5-8-12-21)22-13-9-6-10-14-22;/h5-14,18,23H,15-17H2,1-4H3,(H2,26,27,28);1H. The summed E-state index contributed by atoms with van der Waals surface area (Å²) in [6.07, 6.45) is 0.980. The molecule has 1 atom stereocenters. The van der Waals surface area contributed by atoms with Crippen LogP contribution < -0.4 is 10.6 Å². The highest BCUT2D eigenvalue weighted by Crippen LogP contribution is 2.27. The molecular weight excluding hydrogens is 499 g/mol. The molecule has 1 unspecified atom stereocenters. The van der Waals surface area contributed by atoms with Gasteiger partial charge in [0.25, 0.3) is 0 Å². The van der Waals surface area contributed by atoms with E-state index in [-0.39, 0.29) is 29.9 Å². The second-order valence-electron chi connectivity index (χ2n) is 7.68. The first-order valence-electron chi connectivity index (χ1n) is 10.6. The predicted molar refractivity (Wildman–Crippen MR) is 139 cm³/mol. The molecule has 0 fully saturated rings. The van der Waals surface area contributed by atoms with Gasteiger partial charge in [0.2, 0.25) is 0 Å². The zero-order valence-corrected chi connectivity index (χ0v) is 21.1. The van der Waals surface area contributed by atoms with Crippen LogP contribution in [0.1, 0.15) is 53.3 Å². The van der Waals surface area contributed by atoms with E-state index in [1.807, 2.05) is 20.9 Å². The third kappa shape index (κ3) is 6.82. The molecule has 0 bridgehead atoms. The number of benzene rings is 2. The summed E-state index contributed by atoms with van der Waals surface area (Å²) in [4.78, 5) is 4.38. The fourth-order valence-corrected chi connectivity index (χ4v) is 4.00. The number of hydrogen-bond acceptors (Lipinski definition) is 3. The Morgan fingerprint density at radius 1 is 0.968 bits per heavy atom. The molecular formula is C25H33IN4O. The molecule has 2 N–H and O–H groups in total. The van der Waals surface area contributed by atoms with Gasteiger partial charge in [-0.3, -0.25) is 4.99 Å². The average Bonchev–Trinajstić information content (AvgIpc) is 3.12. The minimum atomic E-state index is 0. The summed E-state index contributed by atoms with van der Waals surface area (Å²) in [7, 11) is 1.81.